The molecule has 3 heterocycles. The van der Waals surface area contributed by atoms with E-state index in [4.69, 9.17) is 23.2 Å². The molecule has 6 rings (SSSR count). The zero-order valence-electron chi connectivity index (χ0n) is 23.6. The van der Waals surface area contributed by atoms with Gasteiger partial charge in [0, 0.05) is 28.5 Å². The number of benzene rings is 3. The number of hydrogen-bond acceptors (Lipinski definition) is 7. The summed E-state index contributed by atoms with van der Waals surface area (Å²) in [5.74, 6) is -0.533. The van der Waals surface area contributed by atoms with E-state index in [1.807, 2.05) is 47.3 Å². The normalized spacial score (nSPS) is 16.9. The Morgan fingerprint density at radius 2 is 1.88 bits per heavy atom. The summed E-state index contributed by atoms with van der Waals surface area (Å²) in [6, 6.07) is 20.1. The van der Waals surface area contributed by atoms with Crippen LogP contribution in [0.5, 0.6) is 0 Å². The third-order valence-electron chi connectivity index (χ3n) is 7.70. The molecule has 0 aliphatic carbocycles. The molecule has 1 saturated heterocycles. The largest absolute Gasteiger partial charge is 0.373 e. The van der Waals surface area contributed by atoms with Crippen LogP contribution in [0, 0.1) is 17.1 Å². The number of nitrogens with zero attached hydrogens (tertiary/aromatic N) is 5. The monoisotopic (exact) mass is 614 g/mol. The molecule has 11 heteroatoms. The Morgan fingerprint density at radius 3 is 2.63 bits per heavy atom. The molecule has 0 spiro atoms. The number of anilines is 3. The number of aromatic nitrogens is 4. The van der Waals surface area contributed by atoms with E-state index < -0.39 is 5.82 Å². The van der Waals surface area contributed by atoms with Crippen molar-refractivity contribution in [2.24, 2.45) is 0 Å². The van der Waals surface area contributed by atoms with Gasteiger partial charge in [-0.2, -0.15) is 5.26 Å². The van der Waals surface area contributed by atoms with Crippen LogP contribution in [-0.2, 0) is 0 Å². The predicted octanol–water partition coefficient (Wildman–Crippen LogP) is 7.79. The highest BCUT2D eigenvalue weighted by molar-refractivity contribution is 6.36. The van der Waals surface area contributed by atoms with Gasteiger partial charge in [-0.15, -0.1) is 5.10 Å². The quantitative estimate of drug-likeness (QED) is 0.172. The molecule has 0 amide bonds. The molecule has 2 aromatic heterocycles. The Labute approximate surface area is 258 Å². The fraction of sp³-hybridized carbons (Fsp3) is 0.250. The maximum atomic E-state index is 13.8. The van der Waals surface area contributed by atoms with Crippen molar-refractivity contribution in [2.45, 2.75) is 44.3 Å². The third kappa shape index (κ3) is 6.13. The topological polar surface area (TPSA) is 103 Å². The van der Waals surface area contributed by atoms with Crippen LogP contribution in [0.25, 0.3) is 10.9 Å². The molecule has 0 radical (unpaired) electrons. The van der Waals surface area contributed by atoms with Gasteiger partial charge in [0.2, 0.25) is 0 Å². The second kappa shape index (κ2) is 11.8. The van der Waals surface area contributed by atoms with Gasteiger partial charge in [-0.1, -0.05) is 58.7 Å². The van der Waals surface area contributed by atoms with Gasteiger partial charge < -0.3 is 16.0 Å². The van der Waals surface area contributed by atoms with Crippen molar-refractivity contribution >= 4 is 51.2 Å². The Morgan fingerprint density at radius 1 is 1.09 bits per heavy atom. The summed E-state index contributed by atoms with van der Waals surface area (Å²) in [6.45, 7) is 5.33. The number of hydrogen-bond donors (Lipinski definition) is 3. The number of halogens is 3. The minimum atomic E-state index is -0.533. The summed E-state index contributed by atoms with van der Waals surface area (Å²) in [7, 11) is 0. The summed E-state index contributed by atoms with van der Waals surface area (Å²) < 4.78 is 15.8. The van der Waals surface area contributed by atoms with Gasteiger partial charge in [0.25, 0.3) is 0 Å². The summed E-state index contributed by atoms with van der Waals surface area (Å²) in [6.07, 6.45) is 5.39. The van der Waals surface area contributed by atoms with E-state index in [9.17, 15) is 9.65 Å². The summed E-state index contributed by atoms with van der Waals surface area (Å²) in [5, 5.41) is 30.4. The molecule has 2 unspecified atom stereocenters. The lowest BCUT2D eigenvalue weighted by molar-refractivity contribution is 0.219. The summed E-state index contributed by atoms with van der Waals surface area (Å²) in [5.41, 5.74) is 4.30. The van der Waals surface area contributed by atoms with Gasteiger partial charge >= 0.3 is 0 Å². The van der Waals surface area contributed by atoms with Crippen LogP contribution in [0.1, 0.15) is 55.6 Å². The molecule has 1 aliphatic heterocycles. The Balaban J connectivity index is 1.39. The fourth-order valence-corrected chi connectivity index (χ4v) is 6.04. The first-order chi connectivity index (χ1) is 20.7. The average Bonchev–Trinajstić information content (AvgIpc) is 3.48. The molecular formula is C32H29Cl2FN8. The first-order valence-electron chi connectivity index (χ1n) is 13.9. The molecule has 2 atom stereocenters. The minimum Gasteiger partial charge on any atom is -0.373 e. The van der Waals surface area contributed by atoms with Gasteiger partial charge in [0.1, 0.15) is 17.6 Å². The van der Waals surface area contributed by atoms with Crippen LogP contribution < -0.4 is 16.0 Å². The van der Waals surface area contributed by atoms with Crippen molar-refractivity contribution in [1.82, 2.24) is 25.3 Å². The molecule has 0 saturated carbocycles. The van der Waals surface area contributed by atoms with Gasteiger partial charge in [0.15, 0.2) is 0 Å². The molecular weight excluding hydrogens is 586 g/mol. The highest BCUT2D eigenvalue weighted by Gasteiger charge is 2.30. The van der Waals surface area contributed by atoms with Crippen molar-refractivity contribution in [3.63, 3.8) is 0 Å². The molecule has 1 fully saturated rings. The van der Waals surface area contributed by atoms with E-state index in [2.05, 4.69) is 51.2 Å². The number of rotatable bonds is 7. The number of piperidine rings is 1. The van der Waals surface area contributed by atoms with Crippen LogP contribution >= 0.6 is 23.2 Å². The van der Waals surface area contributed by atoms with Crippen LogP contribution in [0.2, 0.25) is 10.0 Å². The number of nitriles is 1. The van der Waals surface area contributed by atoms with Crippen LogP contribution in [0.15, 0.2) is 73.1 Å². The van der Waals surface area contributed by atoms with Crippen LogP contribution in [0.3, 0.4) is 0 Å². The first-order valence-corrected chi connectivity index (χ1v) is 14.7. The van der Waals surface area contributed by atoms with E-state index in [0.717, 1.165) is 30.6 Å². The molecule has 1 aliphatic rings. The van der Waals surface area contributed by atoms with Crippen molar-refractivity contribution < 1.29 is 4.39 Å². The predicted molar refractivity (Wildman–Crippen MR) is 168 cm³/mol. The van der Waals surface area contributed by atoms with Gasteiger partial charge in [-0.25, -0.2) is 9.07 Å². The Hall–Kier alpha value is -4.23. The Kier molecular flexibility index (Phi) is 7.93. The van der Waals surface area contributed by atoms with Crippen molar-refractivity contribution in [3.8, 4) is 6.07 Å². The molecule has 3 N–H and O–H groups in total. The van der Waals surface area contributed by atoms with E-state index in [0.29, 0.717) is 38.6 Å². The van der Waals surface area contributed by atoms with Crippen LogP contribution in [-0.4, -0.2) is 32.1 Å². The highest BCUT2D eigenvalue weighted by Crippen LogP contribution is 2.37. The van der Waals surface area contributed by atoms with Gasteiger partial charge in [-0.05, 0) is 69.1 Å². The van der Waals surface area contributed by atoms with Crippen molar-refractivity contribution in [1.29, 1.82) is 5.26 Å². The smallest absolute Gasteiger partial charge is 0.141 e. The molecule has 5 aromatic rings. The summed E-state index contributed by atoms with van der Waals surface area (Å²) >= 11 is 12.8. The molecule has 8 nitrogen and oxygen atoms in total. The van der Waals surface area contributed by atoms with Gasteiger partial charge in [0.05, 0.1) is 45.1 Å². The van der Waals surface area contributed by atoms with Crippen molar-refractivity contribution in [3.05, 3.63) is 106 Å². The van der Waals surface area contributed by atoms with Crippen LogP contribution in [0.4, 0.5) is 21.5 Å². The lowest BCUT2D eigenvalue weighted by Crippen LogP contribution is -2.46. The van der Waals surface area contributed by atoms with E-state index in [-0.39, 0.29) is 22.6 Å². The lowest BCUT2D eigenvalue weighted by Gasteiger charge is -2.36. The highest BCUT2D eigenvalue weighted by atomic mass is 35.5. The van der Waals surface area contributed by atoms with Crippen molar-refractivity contribution in [2.75, 3.05) is 17.2 Å². The van der Waals surface area contributed by atoms with Gasteiger partial charge in [-0.3, -0.25) is 4.98 Å². The molecule has 43 heavy (non-hydrogen) atoms. The zero-order chi connectivity index (χ0) is 30.1. The summed E-state index contributed by atoms with van der Waals surface area (Å²) in [4.78, 5) is 4.45. The molecule has 0 bridgehead atoms. The standard InChI is InChI=1S/C32H29Cl2FN8/c1-32(2)15-23(10-11-38-32)43-18-28(41-42-43)30(19-6-4-3-5-7-19)40-22-12-24-29(39-21-8-9-27(35)25(33)13-21)20(16-36)17-37-31(24)26(34)14-22/h3-9,12-14,17-18,23,30,38,40H,10-11,15H2,1-2H3,(H,37,39). The minimum absolute atomic E-state index is 0.0231. The Bertz CT molecular complexity index is 1830. The second-order valence-electron chi connectivity index (χ2n) is 11.3. The number of pyridine rings is 1. The lowest BCUT2D eigenvalue weighted by atomic mass is 9.89. The average molecular weight is 616 g/mol. The second-order valence-corrected chi connectivity index (χ2v) is 12.1. The SMILES string of the molecule is CC1(C)CC(n2cc(C(Nc3cc(Cl)c4ncc(C#N)c(Nc5ccc(F)c(Cl)c5)c4c3)c3ccccc3)nn2)CCN1. The van der Waals surface area contributed by atoms with E-state index >= 15 is 0 Å². The maximum absolute atomic E-state index is 13.8. The zero-order valence-corrected chi connectivity index (χ0v) is 25.1. The third-order valence-corrected chi connectivity index (χ3v) is 8.28. The molecule has 3 aromatic carbocycles. The van der Waals surface area contributed by atoms with E-state index in [1.165, 1.54) is 18.3 Å². The fourth-order valence-electron chi connectivity index (χ4n) is 5.59. The van der Waals surface area contributed by atoms with E-state index in [1.54, 1.807) is 12.1 Å². The first kappa shape index (κ1) is 28.9. The maximum Gasteiger partial charge on any atom is 0.141 e. The number of nitrogens with one attached hydrogen (secondary N) is 3. The number of fused-ring (bicyclic) bond motifs is 1. The molecule has 218 valence electrons.